The summed E-state index contributed by atoms with van der Waals surface area (Å²) in [5.74, 6) is 0.628. The van der Waals surface area contributed by atoms with Gasteiger partial charge in [0.2, 0.25) is 0 Å². The number of ether oxygens (including phenoxy) is 1. The number of esters is 1. The van der Waals surface area contributed by atoms with Crippen molar-refractivity contribution in [2.45, 2.75) is 49.9 Å². The number of rotatable bonds is 5. The van der Waals surface area contributed by atoms with Gasteiger partial charge in [-0.05, 0) is 61.8 Å². The number of hydrogen-bond donors (Lipinski definition) is 1. The molecule has 4 fully saturated rings. The number of alkyl halides is 1. The molecule has 130 valence electrons. The van der Waals surface area contributed by atoms with Gasteiger partial charge in [0.15, 0.2) is 6.61 Å². The van der Waals surface area contributed by atoms with E-state index in [-0.39, 0.29) is 23.4 Å². The summed E-state index contributed by atoms with van der Waals surface area (Å²) in [7, 11) is 0. The summed E-state index contributed by atoms with van der Waals surface area (Å²) in [4.78, 5) is 25.5. The molecule has 4 saturated carbocycles. The highest BCUT2D eigenvalue weighted by atomic mass is 35.5. The van der Waals surface area contributed by atoms with Gasteiger partial charge >= 0.3 is 5.97 Å². The summed E-state index contributed by atoms with van der Waals surface area (Å²) in [6, 6.07) is 3.91. The van der Waals surface area contributed by atoms with Crippen LogP contribution in [0.25, 0.3) is 0 Å². The Kier molecular flexibility index (Phi) is 4.12. The Bertz CT molecular complexity index is 631. The lowest BCUT2D eigenvalue weighted by Gasteiger charge is -2.58. The second kappa shape index (κ2) is 6.03. The Hall–Kier alpha value is -1.07. The zero-order chi connectivity index (χ0) is 16.8. The van der Waals surface area contributed by atoms with Gasteiger partial charge in [-0.3, -0.25) is 9.59 Å². The summed E-state index contributed by atoms with van der Waals surface area (Å²) in [6.45, 7) is 0.282. The maximum absolute atomic E-state index is 12.7. The number of carbonyl (C=O) groups is 2. The molecule has 6 heteroatoms. The lowest BCUT2D eigenvalue weighted by molar-refractivity contribution is -0.171. The van der Waals surface area contributed by atoms with Gasteiger partial charge in [-0.15, -0.1) is 22.9 Å². The molecule has 4 aliphatic rings. The monoisotopic (exact) mass is 367 g/mol. The zero-order valence-corrected chi connectivity index (χ0v) is 15.1. The minimum Gasteiger partial charge on any atom is -0.455 e. The molecule has 1 heterocycles. The highest BCUT2D eigenvalue weighted by molar-refractivity contribution is 7.09. The molecule has 0 saturated heterocycles. The van der Waals surface area contributed by atoms with Crippen molar-refractivity contribution in [2.24, 2.45) is 17.3 Å². The Morgan fingerprint density at radius 2 is 2.04 bits per heavy atom. The SMILES string of the molecule is O=C(COC(=O)C12C[C@H]3C[C@@H](CC(Cl)(C3)C1)C2)NCc1cccs1. The summed E-state index contributed by atoms with van der Waals surface area (Å²) in [5, 5.41) is 4.76. The van der Waals surface area contributed by atoms with Gasteiger partial charge in [0.05, 0.1) is 12.0 Å². The van der Waals surface area contributed by atoms with E-state index in [0.29, 0.717) is 24.8 Å². The minimum atomic E-state index is -0.445. The van der Waals surface area contributed by atoms with E-state index in [2.05, 4.69) is 5.32 Å². The van der Waals surface area contributed by atoms with Crippen LogP contribution in [0, 0.1) is 17.3 Å². The van der Waals surface area contributed by atoms with E-state index in [1.165, 1.54) is 6.42 Å². The number of halogens is 1. The number of nitrogens with one attached hydrogen (secondary N) is 1. The smallest absolute Gasteiger partial charge is 0.312 e. The summed E-state index contributed by atoms with van der Waals surface area (Å²) in [6.07, 6.45) is 5.74. The van der Waals surface area contributed by atoms with Crippen LogP contribution in [0.15, 0.2) is 17.5 Å². The summed E-state index contributed by atoms with van der Waals surface area (Å²) < 4.78 is 5.40. The van der Waals surface area contributed by atoms with E-state index in [1.807, 2.05) is 17.5 Å². The standard InChI is InChI=1S/C18H22ClNO3S/c19-18-7-12-4-13(8-18)6-17(5-12,11-18)16(22)23-10-15(21)20-9-14-2-1-3-24-14/h1-3,12-13H,4-11H2,(H,20,21)/t12-,13-,17?,18?/m1/s1. The first-order valence-corrected chi connectivity index (χ1v) is 9.87. The zero-order valence-electron chi connectivity index (χ0n) is 13.6. The van der Waals surface area contributed by atoms with Gasteiger partial charge in [0.25, 0.3) is 5.91 Å². The van der Waals surface area contributed by atoms with E-state index < -0.39 is 5.41 Å². The Morgan fingerprint density at radius 1 is 1.29 bits per heavy atom. The first-order chi connectivity index (χ1) is 11.5. The molecule has 4 bridgehead atoms. The molecule has 1 amide bonds. The second-order valence-electron chi connectivity index (χ2n) is 7.82. The Labute approximate surface area is 150 Å². The van der Waals surface area contributed by atoms with Gasteiger partial charge < -0.3 is 10.1 Å². The van der Waals surface area contributed by atoms with Crippen molar-refractivity contribution in [1.29, 1.82) is 0 Å². The highest BCUT2D eigenvalue weighted by Crippen LogP contribution is 2.64. The van der Waals surface area contributed by atoms with Crippen LogP contribution in [-0.4, -0.2) is 23.4 Å². The van der Waals surface area contributed by atoms with Gasteiger partial charge in [0, 0.05) is 9.75 Å². The molecule has 1 aromatic rings. The van der Waals surface area contributed by atoms with Crippen LogP contribution in [-0.2, 0) is 20.9 Å². The molecule has 0 radical (unpaired) electrons. The Morgan fingerprint density at radius 3 is 2.67 bits per heavy atom. The predicted molar refractivity (Wildman–Crippen MR) is 92.8 cm³/mol. The fraction of sp³-hybridized carbons (Fsp3) is 0.667. The molecule has 24 heavy (non-hydrogen) atoms. The Balaban J connectivity index is 1.32. The van der Waals surface area contributed by atoms with E-state index >= 15 is 0 Å². The maximum atomic E-state index is 12.7. The number of amides is 1. The average Bonchev–Trinajstić information content (AvgIpc) is 3.01. The maximum Gasteiger partial charge on any atom is 0.312 e. The normalized spacial score (nSPS) is 36.5. The second-order valence-corrected chi connectivity index (χ2v) is 9.66. The topological polar surface area (TPSA) is 55.4 Å². The van der Waals surface area contributed by atoms with Crippen molar-refractivity contribution in [3.8, 4) is 0 Å². The van der Waals surface area contributed by atoms with Crippen molar-refractivity contribution in [3.63, 3.8) is 0 Å². The fourth-order valence-corrected chi connectivity index (χ4v) is 6.66. The molecule has 1 aromatic heterocycles. The van der Waals surface area contributed by atoms with E-state index in [9.17, 15) is 9.59 Å². The predicted octanol–water partition coefficient (Wildman–Crippen LogP) is 3.49. The minimum absolute atomic E-state index is 0.198. The third-order valence-corrected chi connectivity index (χ3v) is 7.12. The lowest BCUT2D eigenvalue weighted by atomic mass is 9.49. The van der Waals surface area contributed by atoms with Gasteiger partial charge in [-0.1, -0.05) is 6.07 Å². The summed E-state index contributed by atoms with van der Waals surface area (Å²) in [5.41, 5.74) is -0.445. The molecule has 4 nitrogen and oxygen atoms in total. The molecule has 1 N–H and O–H groups in total. The molecule has 0 aromatic carbocycles. The van der Waals surface area contributed by atoms with E-state index in [1.54, 1.807) is 11.3 Å². The third kappa shape index (κ3) is 3.08. The van der Waals surface area contributed by atoms with Crippen LogP contribution in [0.4, 0.5) is 0 Å². The molecular formula is C18H22ClNO3S. The molecule has 0 unspecified atom stereocenters. The van der Waals surface area contributed by atoms with Gasteiger partial charge in [-0.25, -0.2) is 0 Å². The largest absolute Gasteiger partial charge is 0.455 e. The molecule has 5 rings (SSSR count). The van der Waals surface area contributed by atoms with Crippen LogP contribution < -0.4 is 5.32 Å². The van der Waals surface area contributed by atoms with Gasteiger partial charge in [-0.2, -0.15) is 0 Å². The number of carbonyl (C=O) groups excluding carboxylic acids is 2. The first-order valence-electron chi connectivity index (χ1n) is 8.62. The van der Waals surface area contributed by atoms with E-state index in [4.69, 9.17) is 16.3 Å². The van der Waals surface area contributed by atoms with Crippen LogP contribution in [0.2, 0.25) is 0 Å². The fourth-order valence-electron chi connectivity index (χ4n) is 5.32. The van der Waals surface area contributed by atoms with Crippen LogP contribution in [0.5, 0.6) is 0 Å². The van der Waals surface area contributed by atoms with Crippen molar-refractivity contribution >= 4 is 34.8 Å². The van der Waals surface area contributed by atoms with Crippen molar-refractivity contribution < 1.29 is 14.3 Å². The lowest BCUT2D eigenvalue weighted by Crippen LogP contribution is -2.56. The van der Waals surface area contributed by atoms with Crippen molar-refractivity contribution in [2.75, 3.05) is 6.61 Å². The van der Waals surface area contributed by atoms with E-state index in [0.717, 1.165) is 30.6 Å². The van der Waals surface area contributed by atoms with Crippen LogP contribution in [0.3, 0.4) is 0 Å². The molecule has 0 spiro atoms. The highest BCUT2D eigenvalue weighted by Gasteiger charge is 2.60. The van der Waals surface area contributed by atoms with Gasteiger partial charge in [0.1, 0.15) is 0 Å². The van der Waals surface area contributed by atoms with Crippen LogP contribution >= 0.6 is 22.9 Å². The molecule has 2 atom stereocenters. The van der Waals surface area contributed by atoms with Crippen LogP contribution in [0.1, 0.15) is 43.4 Å². The molecule has 0 aliphatic heterocycles. The third-order valence-electron chi connectivity index (χ3n) is 5.80. The molecule has 4 aliphatic carbocycles. The average molecular weight is 368 g/mol. The first kappa shape index (κ1) is 16.4. The van der Waals surface area contributed by atoms with Crippen molar-refractivity contribution in [1.82, 2.24) is 5.32 Å². The molecular weight excluding hydrogens is 346 g/mol. The van der Waals surface area contributed by atoms with Crippen molar-refractivity contribution in [3.05, 3.63) is 22.4 Å². The number of hydrogen-bond acceptors (Lipinski definition) is 4. The summed E-state index contributed by atoms with van der Waals surface area (Å²) >= 11 is 8.34. The quantitative estimate of drug-likeness (QED) is 0.640. The number of thiophene rings is 1.